The molecule has 0 aliphatic rings. The molecule has 54 valence electrons. The van der Waals surface area contributed by atoms with Crippen LogP contribution in [0.4, 0.5) is 0 Å². The highest BCUT2D eigenvalue weighted by molar-refractivity contribution is 4.63. The van der Waals surface area contributed by atoms with E-state index in [4.69, 9.17) is 4.84 Å². The van der Waals surface area contributed by atoms with Gasteiger partial charge in [0.15, 0.2) is 0 Å². The first-order valence-corrected chi connectivity index (χ1v) is 3.33. The fourth-order valence-corrected chi connectivity index (χ4v) is 0.564. The molecule has 0 aromatic rings. The standard InChI is InChI=1S/C7H15NO/c1-4-7-9-8(5-2)6-3/h4H,1,5-7H2,2-3H3. The van der Waals surface area contributed by atoms with Crippen molar-refractivity contribution in [2.24, 2.45) is 0 Å². The largest absolute Gasteiger partial charge is 0.295 e. The van der Waals surface area contributed by atoms with Gasteiger partial charge in [0.05, 0.1) is 6.61 Å². The van der Waals surface area contributed by atoms with Gasteiger partial charge in [-0.2, -0.15) is 5.06 Å². The second-order valence-corrected chi connectivity index (χ2v) is 1.70. The van der Waals surface area contributed by atoms with Crippen molar-refractivity contribution in [1.29, 1.82) is 0 Å². The van der Waals surface area contributed by atoms with E-state index < -0.39 is 0 Å². The van der Waals surface area contributed by atoms with Gasteiger partial charge in [-0.25, -0.2) is 0 Å². The van der Waals surface area contributed by atoms with Gasteiger partial charge in [-0.3, -0.25) is 4.84 Å². The van der Waals surface area contributed by atoms with Gasteiger partial charge < -0.3 is 0 Å². The van der Waals surface area contributed by atoms with Crippen LogP contribution < -0.4 is 0 Å². The predicted octanol–water partition coefficient (Wildman–Crippen LogP) is 1.45. The quantitative estimate of drug-likeness (QED) is 0.411. The maximum absolute atomic E-state index is 5.20. The number of hydroxylamine groups is 2. The smallest absolute Gasteiger partial charge is 0.0864 e. The Balaban J connectivity index is 3.19. The zero-order valence-corrected chi connectivity index (χ0v) is 6.26. The Labute approximate surface area is 57.1 Å². The lowest BCUT2D eigenvalue weighted by atomic mass is 10.6. The summed E-state index contributed by atoms with van der Waals surface area (Å²) >= 11 is 0. The van der Waals surface area contributed by atoms with Crippen LogP contribution >= 0.6 is 0 Å². The van der Waals surface area contributed by atoms with Gasteiger partial charge in [0.25, 0.3) is 0 Å². The molecule has 0 saturated carbocycles. The molecule has 0 saturated heterocycles. The lowest BCUT2D eigenvalue weighted by Crippen LogP contribution is -2.23. The van der Waals surface area contributed by atoms with Gasteiger partial charge in [-0.15, -0.1) is 6.58 Å². The van der Waals surface area contributed by atoms with Crippen molar-refractivity contribution >= 4 is 0 Å². The predicted molar refractivity (Wildman–Crippen MR) is 39.1 cm³/mol. The number of hydrogen-bond donors (Lipinski definition) is 0. The minimum Gasteiger partial charge on any atom is -0.295 e. The Hall–Kier alpha value is -0.340. The normalized spacial score (nSPS) is 10.1. The van der Waals surface area contributed by atoms with Crippen LogP contribution in [0.3, 0.4) is 0 Å². The van der Waals surface area contributed by atoms with Crippen molar-refractivity contribution in [3.63, 3.8) is 0 Å². The minimum atomic E-state index is 0.613. The Bertz CT molecular complexity index is 69.3. The van der Waals surface area contributed by atoms with E-state index in [2.05, 4.69) is 20.4 Å². The van der Waals surface area contributed by atoms with E-state index in [9.17, 15) is 0 Å². The van der Waals surface area contributed by atoms with Gasteiger partial charge >= 0.3 is 0 Å². The van der Waals surface area contributed by atoms with E-state index in [0.717, 1.165) is 13.1 Å². The Morgan fingerprint density at radius 2 is 2.00 bits per heavy atom. The maximum atomic E-state index is 5.20. The topological polar surface area (TPSA) is 12.5 Å². The minimum absolute atomic E-state index is 0.613. The van der Waals surface area contributed by atoms with Crippen LogP contribution in [-0.4, -0.2) is 24.8 Å². The molecule has 0 amide bonds. The van der Waals surface area contributed by atoms with E-state index in [1.54, 1.807) is 6.08 Å². The Morgan fingerprint density at radius 3 is 2.33 bits per heavy atom. The maximum Gasteiger partial charge on any atom is 0.0864 e. The first-order chi connectivity index (χ1) is 4.35. The van der Waals surface area contributed by atoms with Gasteiger partial charge in [0.1, 0.15) is 0 Å². The first-order valence-electron chi connectivity index (χ1n) is 3.33. The van der Waals surface area contributed by atoms with Gasteiger partial charge in [-0.1, -0.05) is 19.9 Å². The fourth-order valence-electron chi connectivity index (χ4n) is 0.564. The summed E-state index contributed by atoms with van der Waals surface area (Å²) in [6.45, 7) is 10.2. The Kier molecular flexibility index (Phi) is 5.57. The highest BCUT2D eigenvalue weighted by Crippen LogP contribution is 1.87. The monoisotopic (exact) mass is 129 g/mol. The SMILES string of the molecule is C=CCON(CC)CC. The lowest BCUT2D eigenvalue weighted by Gasteiger charge is -2.15. The van der Waals surface area contributed by atoms with E-state index in [0.29, 0.717) is 6.61 Å². The number of hydrogen-bond acceptors (Lipinski definition) is 2. The molecular formula is C7H15NO. The molecule has 0 unspecified atom stereocenters. The summed E-state index contributed by atoms with van der Waals surface area (Å²) in [4.78, 5) is 5.20. The van der Waals surface area contributed by atoms with Gasteiger partial charge in [0.2, 0.25) is 0 Å². The molecule has 0 aliphatic carbocycles. The third kappa shape index (κ3) is 4.18. The molecule has 2 nitrogen and oxygen atoms in total. The molecule has 0 atom stereocenters. The molecule has 9 heavy (non-hydrogen) atoms. The Morgan fingerprint density at radius 1 is 1.44 bits per heavy atom. The molecule has 0 heterocycles. The average Bonchev–Trinajstić information content (AvgIpc) is 1.91. The third-order valence-electron chi connectivity index (χ3n) is 1.08. The molecule has 0 spiro atoms. The van der Waals surface area contributed by atoms with Crippen LogP contribution in [0, 0.1) is 0 Å². The van der Waals surface area contributed by atoms with Crippen molar-refractivity contribution in [3.8, 4) is 0 Å². The molecular weight excluding hydrogens is 114 g/mol. The molecule has 0 aromatic carbocycles. The molecule has 0 bridgehead atoms. The van der Waals surface area contributed by atoms with Crippen LogP contribution in [0.2, 0.25) is 0 Å². The van der Waals surface area contributed by atoms with Gasteiger partial charge in [-0.05, 0) is 0 Å². The fraction of sp³-hybridized carbons (Fsp3) is 0.714. The van der Waals surface area contributed by atoms with Crippen molar-refractivity contribution in [1.82, 2.24) is 5.06 Å². The summed E-state index contributed by atoms with van der Waals surface area (Å²) in [5, 5.41) is 1.89. The second-order valence-electron chi connectivity index (χ2n) is 1.70. The van der Waals surface area contributed by atoms with E-state index in [-0.39, 0.29) is 0 Å². The van der Waals surface area contributed by atoms with Crippen molar-refractivity contribution in [2.75, 3.05) is 19.7 Å². The molecule has 2 heteroatoms. The van der Waals surface area contributed by atoms with E-state index in [1.165, 1.54) is 0 Å². The molecule has 0 radical (unpaired) electrons. The third-order valence-corrected chi connectivity index (χ3v) is 1.08. The summed E-state index contributed by atoms with van der Waals surface area (Å²) in [5.41, 5.74) is 0. The van der Waals surface area contributed by atoms with Crippen molar-refractivity contribution in [2.45, 2.75) is 13.8 Å². The summed E-state index contributed by atoms with van der Waals surface area (Å²) in [7, 11) is 0. The molecule has 0 N–H and O–H groups in total. The highest BCUT2D eigenvalue weighted by Gasteiger charge is 1.93. The van der Waals surface area contributed by atoms with Crippen molar-refractivity contribution in [3.05, 3.63) is 12.7 Å². The summed E-state index contributed by atoms with van der Waals surface area (Å²) in [6.07, 6.45) is 1.75. The molecule has 0 rings (SSSR count). The summed E-state index contributed by atoms with van der Waals surface area (Å²) in [5.74, 6) is 0. The van der Waals surface area contributed by atoms with Crippen LogP contribution in [0.1, 0.15) is 13.8 Å². The zero-order valence-electron chi connectivity index (χ0n) is 6.26. The number of rotatable bonds is 5. The highest BCUT2D eigenvalue weighted by atomic mass is 16.7. The van der Waals surface area contributed by atoms with Crippen LogP contribution in [0.25, 0.3) is 0 Å². The van der Waals surface area contributed by atoms with E-state index >= 15 is 0 Å². The van der Waals surface area contributed by atoms with Crippen molar-refractivity contribution < 1.29 is 4.84 Å². The van der Waals surface area contributed by atoms with Crippen LogP contribution in [0.15, 0.2) is 12.7 Å². The van der Waals surface area contributed by atoms with Crippen LogP contribution in [0.5, 0.6) is 0 Å². The summed E-state index contributed by atoms with van der Waals surface area (Å²) in [6, 6.07) is 0. The molecule has 0 fully saturated rings. The molecule has 0 aliphatic heterocycles. The average molecular weight is 129 g/mol. The van der Waals surface area contributed by atoms with Crippen LogP contribution in [-0.2, 0) is 4.84 Å². The molecule has 0 aromatic heterocycles. The number of nitrogens with zero attached hydrogens (tertiary/aromatic N) is 1. The summed E-state index contributed by atoms with van der Waals surface area (Å²) < 4.78 is 0. The van der Waals surface area contributed by atoms with E-state index in [1.807, 2.05) is 5.06 Å². The van der Waals surface area contributed by atoms with Gasteiger partial charge in [0, 0.05) is 13.1 Å². The first kappa shape index (κ1) is 8.66. The lowest BCUT2D eigenvalue weighted by molar-refractivity contribution is -0.141. The second kappa shape index (κ2) is 5.79. The zero-order chi connectivity index (χ0) is 7.11.